The van der Waals surface area contributed by atoms with E-state index in [-0.39, 0.29) is 18.1 Å². The smallest absolute Gasteiger partial charge is 0.277 e. The highest BCUT2D eigenvalue weighted by Gasteiger charge is 2.18. The molecule has 1 aromatic heterocycles. The van der Waals surface area contributed by atoms with Crippen molar-refractivity contribution in [2.24, 2.45) is 0 Å². The molecule has 0 radical (unpaired) electrons. The Morgan fingerprint density at radius 3 is 2.47 bits per heavy atom. The molecular formula is C23H24N4O2S. The normalized spacial score (nSPS) is 10.6. The van der Waals surface area contributed by atoms with E-state index < -0.39 is 0 Å². The van der Waals surface area contributed by atoms with Crippen LogP contribution in [0.4, 0.5) is 5.69 Å². The number of aryl methyl sites for hydroxylation is 4. The van der Waals surface area contributed by atoms with Crippen molar-refractivity contribution in [2.45, 2.75) is 39.3 Å². The number of nitrogens with zero attached hydrogens (tertiary/aromatic N) is 4. The van der Waals surface area contributed by atoms with Crippen molar-refractivity contribution >= 4 is 23.4 Å². The van der Waals surface area contributed by atoms with E-state index in [1.807, 2.05) is 58.0 Å². The van der Waals surface area contributed by atoms with Gasteiger partial charge in [-0.3, -0.25) is 4.79 Å². The summed E-state index contributed by atoms with van der Waals surface area (Å²) in [5.74, 6) is 0.474. The molecule has 0 saturated carbocycles. The monoisotopic (exact) mass is 420 g/mol. The molecule has 0 N–H and O–H groups in total. The minimum atomic E-state index is -0.105. The molecule has 1 heterocycles. The number of hydrogen-bond donors (Lipinski definition) is 0. The number of nitriles is 1. The Kier molecular flexibility index (Phi) is 6.91. The fourth-order valence-corrected chi connectivity index (χ4v) is 3.77. The van der Waals surface area contributed by atoms with E-state index >= 15 is 0 Å². The number of hydrogen-bond acceptors (Lipinski definition) is 6. The summed E-state index contributed by atoms with van der Waals surface area (Å²) in [4.78, 5) is 14.6. The van der Waals surface area contributed by atoms with Crippen molar-refractivity contribution in [3.63, 3.8) is 0 Å². The highest BCUT2D eigenvalue weighted by molar-refractivity contribution is 7.99. The molecule has 3 aromatic rings. The maximum atomic E-state index is 12.9. The van der Waals surface area contributed by atoms with Gasteiger partial charge in [0.1, 0.15) is 0 Å². The van der Waals surface area contributed by atoms with Gasteiger partial charge >= 0.3 is 0 Å². The van der Waals surface area contributed by atoms with Gasteiger partial charge in [-0.1, -0.05) is 23.9 Å². The van der Waals surface area contributed by atoms with Gasteiger partial charge in [-0.15, -0.1) is 10.2 Å². The van der Waals surface area contributed by atoms with Crippen LogP contribution in [0.1, 0.15) is 28.7 Å². The number of thioether (sulfide) groups is 1. The van der Waals surface area contributed by atoms with Crippen molar-refractivity contribution in [1.29, 1.82) is 5.26 Å². The van der Waals surface area contributed by atoms with E-state index in [0.29, 0.717) is 17.7 Å². The van der Waals surface area contributed by atoms with Gasteiger partial charge in [0, 0.05) is 17.8 Å². The van der Waals surface area contributed by atoms with Crippen LogP contribution in [0, 0.1) is 39.0 Å². The van der Waals surface area contributed by atoms with Crippen molar-refractivity contribution in [3.8, 4) is 17.5 Å². The summed E-state index contributed by atoms with van der Waals surface area (Å²) in [5.41, 5.74) is 6.15. The first-order chi connectivity index (χ1) is 14.4. The van der Waals surface area contributed by atoms with Gasteiger partial charge in [-0.25, -0.2) is 0 Å². The van der Waals surface area contributed by atoms with Crippen LogP contribution >= 0.6 is 11.8 Å². The fraction of sp³-hybridized carbons (Fsp3) is 0.304. The van der Waals surface area contributed by atoms with Crippen LogP contribution in [-0.4, -0.2) is 28.4 Å². The zero-order chi connectivity index (χ0) is 21.7. The van der Waals surface area contributed by atoms with E-state index in [0.717, 1.165) is 27.9 Å². The number of rotatable bonds is 7. The second kappa shape index (κ2) is 9.59. The minimum Gasteiger partial charge on any atom is -0.411 e. The molecule has 0 atom stereocenters. The van der Waals surface area contributed by atoms with Crippen molar-refractivity contribution in [2.75, 3.05) is 17.2 Å². The predicted molar refractivity (Wildman–Crippen MR) is 118 cm³/mol. The molecule has 0 aliphatic rings. The molecule has 0 spiro atoms. The maximum absolute atomic E-state index is 12.9. The summed E-state index contributed by atoms with van der Waals surface area (Å²) < 4.78 is 5.74. The standard InChI is InChI=1S/C23H24N4O2S/c1-15-10-16(2)12-20(11-15)27(9-5-8-24)21(28)14-30-23-26-25-22(29-23)19-7-6-17(3)18(4)13-19/h6-7,10-13H,5,9,14H2,1-4H3. The van der Waals surface area contributed by atoms with Crippen molar-refractivity contribution in [3.05, 3.63) is 58.7 Å². The van der Waals surface area contributed by atoms with Gasteiger partial charge in [-0.05, 0) is 74.2 Å². The molecule has 0 aliphatic heterocycles. The largest absolute Gasteiger partial charge is 0.411 e. The van der Waals surface area contributed by atoms with Crippen molar-refractivity contribution in [1.82, 2.24) is 10.2 Å². The number of anilines is 1. The summed E-state index contributed by atoms with van der Waals surface area (Å²) in [6.45, 7) is 8.41. The maximum Gasteiger partial charge on any atom is 0.277 e. The van der Waals surface area contributed by atoms with E-state index in [4.69, 9.17) is 9.68 Å². The molecule has 1 amide bonds. The topological polar surface area (TPSA) is 83.0 Å². The molecule has 0 bridgehead atoms. The lowest BCUT2D eigenvalue weighted by Crippen LogP contribution is -2.33. The summed E-state index contributed by atoms with van der Waals surface area (Å²) >= 11 is 1.20. The van der Waals surface area contributed by atoms with Crippen LogP contribution < -0.4 is 4.90 Å². The highest BCUT2D eigenvalue weighted by Crippen LogP contribution is 2.26. The Morgan fingerprint density at radius 1 is 1.07 bits per heavy atom. The second-order valence-corrected chi connectivity index (χ2v) is 8.19. The molecule has 2 aromatic carbocycles. The third kappa shape index (κ3) is 5.28. The van der Waals surface area contributed by atoms with E-state index in [1.54, 1.807) is 4.90 Å². The molecule has 0 saturated heterocycles. The summed E-state index contributed by atoms with van der Waals surface area (Å²) in [6.07, 6.45) is 0.265. The Morgan fingerprint density at radius 2 is 1.80 bits per heavy atom. The van der Waals surface area contributed by atoms with Crippen LogP contribution in [-0.2, 0) is 4.79 Å². The minimum absolute atomic E-state index is 0.105. The number of aromatic nitrogens is 2. The number of carbonyl (C=O) groups is 1. The fourth-order valence-electron chi connectivity index (χ4n) is 3.13. The Hall–Kier alpha value is -3.11. The predicted octanol–water partition coefficient (Wildman–Crippen LogP) is 5.01. The van der Waals surface area contributed by atoms with Gasteiger partial charge in [0.25, 0.3) is 5.22 Å². The van der Waals surface area contributed by atoms with E-state index in [9.17, 15) is 4.79 Å². The van der Waals surface area contributed by atoms with E-state index in [2.05, 4.69) is 22.3 Å². The molecule has 6 nitrogen and oxygen atoms in total. The lowest BCUT2D eigenvalue weighted by Gasteiger charge is -2.22. The molecule has 3 rings (SSSR count). The summed E-state index contributed by atoms with van der Waals surface area (Å²) in [5, 5.41) is 17.5. The molecule has 154 valence electrons. The van der Waals surface area contributed by atoms with Crippen LogP contribution in [0.3, 0.4) is 0 Å². The number of benzene rings is 2. The van der Waals surface area contributed by atoms with Crippen LogP contribution in [0.5, 0.6) is 0 Å². The van der Waals surface area contributed by atoms with E-state index in [1.165, 1.54) is 17.3 Å². The third-order valence-corrected chi connectivity index (χ3v) is 5.55. The lowest BCUT2D eigenvalue weighted by molar-refractivity contribution is -0.116. The Balaban J connectivity index is 1.71. The average molecular weight is 421 g/mol. The van der Waals surface area contributed by atoms with Crippen LogP contribution in [0.25, 0.3) is 11.5 Å². The Labute approximate surface area is 180 Å². The molecule has 0 fully saturated rings. The van der Waals surface area contributed by atoms with Crippen molar-refractivity contribution < 1.29 is 9.21 Å². The molecule has 0 aliphatic carbocycles. The zero-order valence-electron chi connectivity index (χ0n) is 17.6. The second-order valence-electron chi connectivity index (χ2n) is 7.26. The highest BCUT2D eigenvalue weighted by atomic mass is 32.2. The van der Waals surface area contributed by atoms with Gasteiger partial charge < -0.3 is 9.32 Å². The average Bonchev–Trinajstić information content (AvgIpc) is 3.17. The number of carbonyl (C=O) groups excluding carboxylic acids is 1. The van der Waals surface area contributed by atoms with Gasteiger partial charge in [0.15, 0.2) is 0 Å². The molecule has 30 heavy (non-hydrogen) atoms. The first-order valence-electron chi connectivity index (χ1n) is 9.67. The van der Waals surface area contributed by atoms with Gasteiger partial charge in [-0.2, -0.15) is 5.26 Å². The van der Waals surface area contributed by atoms with Gasteiger partial charge in [0.05, 0.1) is 18.2 Å². The third-order valence-electron chi connectivity index (χ3n) is 4.75. The van der Waals surface area contributed by atoms with Crippen LogP contribution in [0.15, 0.2) is 46.0 Å². The first-order valence-corrected chi connectivity index (χ1v) is 10.7. The molecule has 7 heteroatoms. The summed E-state index contributed by atoms with van der Waals surface area (Å²) in [7, 11) is 0. The SMILES string of the molecule is Cc1cc(C)cc(N(CCC#N)C(=O)CSc2nnc(-c3ccc(C)c(C)c3)o2)c1. The van der Waals surface area contributed by atoms with Gasteiger partial charge in [0.2, 0.25) is 11.8 Å². The zero-order valence-corrected chi connectivity index (χ0v) is 18.4. The Bertz CT molecular complexity index is 1080. The number of amides is 1. The van der Waals surface area contributed by atoms with Crippen LogP contribution in [0.2, 0.25) is 0 Å². The molecular weight excluding hydrogens is 396 g/mol. The lowest BCUT2D eigenvalue weighted by atomic mass is 10.1. The first kappa shape index (κ1) is 21.6. The summed E-state index contributed by atoms with van der Waals surface area (Å²) in [6, 6.07) is 14.0. The molecule has 0 unspecified atom stereocenters. The quantitative estimate of drug-likeness (QED) is 0.500.